The number of hydrogen-bond donors (Lipinski definition) is 4. The molecule has 0 spiro atoms. The molecule has 360 valence electrons. The standard InChI is InChI=1S/C26H28N6O4S.C24H25N7O2/c1-16-7-23(24(13-27-16)36-21-9-18-14-35-15-19(10-21)29-18)17-5-6-32-20(8-17)11-26(31-32)30-25-4-3-22(12-28-25)37(2,33)34;1-15-7-21(22(12-25-15)33-20-9-17-13-32-14-18(10-20)27-17)16-4-6-31-19(8-16)11-24(30-31)28-23-3-2-5-26-29-23/h3-8,11-13,18-19,21,29H,9-10,14-15H2,1-2H3,(H,28,30,31);2-8,11-12,17-18,20,27H,9-10,13-14H2,1H3,(H,28,29,30)/t18-,19+,21?;17-,18+,20?. The third-order valence-corrected chi connectivity index (χ3v) is 13.9. The number of anilines is 4. The van der Waals surface area contributed by atoms with Gasteiger partial charge in [-0.1, -0.05) is 0 Å². The lowest BCUT2D eigenvalue weighted by Gasteiger charge is -2.40. The van der Waals surface area contributed by atoms with Gasteiger partial charge in [-0.25, -0.2) is 22.4 Å². The third-order valence-electron chi connectivity index (χ3n) is 12.8. The van der Waals surface area contributed by atoms with Crippen molar-refractivity contribution >= 4 is 44.1 Å². The zero-order valence-corrected chi connectivity index (χ0v) is 39.7. The van der Waals surface area contributed by atoms with Gasteiger partial charge in [0.05, 0.1) is 54.8 Å². The average molecular weight is 964 g/mol. The lowest BCUT2D eigenvalue weighted by molar-refractivity contribution is -0.0122. The van der Waals surface area contributed by atoms with Crippen molar-refractivity contribution in [1.82, 2.24) is 55.0 Å². The molecule has 4 bridgehead atoms. The topological polar surface area (TPSA) is 218 Å². The summed E-state index contributed by atoms with van der Waals surface area (Å²) in [5, 5.41) is 30.7. The molecule has 2 unspecified atom stereocenters. The summed E-state index contributed by atoms with van der Waals surface area (Å²) in [5.74, 6) is 4.05. The van der Waals surface area contributed by atoms with Crippen LogP contribution in [0.5, 0.6) is 11.5 Å². The van der Waals surface area contributed by atoms with Crippen LogP contribution in [0.4, 0.5) is 23.3 Å². The molecule has 0 aliphatic carbocycles. The average Bonchev–Trinajstić information content (AvgIpc) is 3.95. The number of fused-ring (bicyclic) bond motifs is 6. The van der Waals surface area contributed by atoms with Gasteiger partial charge in [-0.15, -0.1) is 5.10 Å². The van der Waals surface area contributed by atoms with Crippen LogP contribution in [0.15, 0.2) is 115 Å². The lowest BCUT2D eigenvalue weighted by atomic mass is 9.94. The van der Waals surface area contributed by atoms with E-state index >= 15 is 0 Å². The van der Waals surface area contributed by atoms with Gasteiger partial charge in [0.25, 0.3) is 0 Å². The van der Waals surface area contributed by atoms with Crippen LogP contribution in [0.3, 0.4) is 0 Å². The first-order valence-corrected chi connectivity index (χ1v) is 25.3. The minimum absolute atomic E-state index is 0.111. The van der Waals surface area contributed by atoms with E-state index in [0.717, 1.165) is 115 Å². The van der Waals surface area contributed by atoms with Gasteiger partial charge in [-0.2, -0.15) is 15.3 Å². The second-order valence-electron chi connectivity index (χ2n) is 18.4. The van der Waals surface area contributed by atoms with Gasteiger partial charge in [-0.3, -0.25) is 9.97 Å². The fourth-order valence-electron chi connectivity index (χ4n) is 9.61. The maximum Gasteiger partial charge on any atom is 0.177 e. The number of piperidine rings is 2. The molecular weight excluding hydrogens is 911 g/mol. The van der Waals surface area contributed by atoms with Gasteiger partial charge in [-0.05, 0) is 85.6 Å². The lowest BCUT2D eigenvalue weighted by Crippen LogP contribution is -2.56. The minimum Gasteiger partial charge on any atom is -0.488 e. The Morgan fingerprint density at radius 2 is 1.13 bits per heavy atom. The molecule has 4 aliphatic heterocycles. The van der Waals surface area contributed by atoms with Gasteiger partial charge < -0.3 is 40.2 Å². The SMILES string of the molecule is Cc1cc(-c2ccn3nc(Nc4ccc(S(C)(=O)=O)cn4)cc3c2)c(OC2C[C@H]3COC[C@@H](C2)N3)cn1.Cc1cc(-c2ccn3nc(Nc4cccnn4)cc3c2)c(OC2C[C@H]3COC[C@@H](C2)N3)cn1. The smallest absolute Gasteiger partial charge is 0.177 e. The van der Waals surface area contributed by atoms with E-state index in [9.17, 15) is 8.42 Å². The van der Waals surface area contributed by atoms with E-state index in [4.69, 9.17) is 18.9 Å². The molecule has 12 rings (SSSR count). The Kier molecular flexibility index (Phi) is 12.5. The van der Waals surface area contributed by atoms with Crippen molar-refractivity contribution in [3.63, 3.8) is 0 Å². The normalized spacial score (nSPS) is 21.9. The van der Waals surface area contributed by atoms with E-state index in [-0.39, 0.29) is 17.1 Å². The number of pyridine rings is 5. The zero-order chi connectivity index (χ0) is 47.8. The van der Waals surface area contributed by atoms with Crippen LogP contribution >= 0.6 is 0 Å². The Morgan fingerprint density at radius 1 is 0.614 bits per heavy atom. The first-order chi connectivity index (χ1) is 34.0. The Morgan fingerprint density at radius 3 is 1.59 bits per heavy atom. The molecule has 20 heteroatoms. The molecule has 19 nitrogen and oxygen atoms in total. The molecule has 70 heavy (non-hydrogen) atoms. The van der Waals surface area contributed by atoms with Crippen LogP contribution < -0.4 is 30.7 Å². The molecule has 0 aromatic carbocycles. The summed E-state index contributed by atoms with van der Waals surface area (Å²) in [7, 11) is -3.30. The van der Waals surface area contributed by atoms with E-state index in [1.165, 1.54) is 12.3 Å². The molecular formula is C50H53N13O6S. The number of morpholine rings is 2. The fourth-order valence-corrected chi connectivity index (χ4v) is 10.2. The highest BCUT2D eigenvalue weighted by Gasteiger charge is 2.35. The summed E-state index contributed by atoms with van der Waals surface area (Å²) in [6.07, 6.45) is 15.6. The van der Waals surface area contributed by atoms with Crippen molar-refractivity contribution in [3.05, 3.63) is 121 Å². The molecule has 12 heterocycles. The summed E-state index contributed by atoms with van der Waals surface area (Å²) in [5.41, 5.74) is 7.82. The van der Waals surface area contributed by atoms with Crippen LogP contribution in [0.25, 0.3) is 33.3 Å². The van der Waals surface area contributed by atoms with Crippen molar-refractivity contribution in [1.29, 1.82) is 0 Å². The number of nitrogens with one attached hydrogen (secondary N) is 4. The highest BCUT2D eigenvalue weighted by atomic mass is 32.2. The van der Waals surface area contributed by atoms with E-state index in [1.807, 2.05) is 73.5 Å². The number of hydrogen-bond acceptors (Lipinski definition) is 17. The highest BCUT2D eigenvalue weighted by Crippen LogP contribution is 2.36. The van der Waals surface area contributed by atoms with Crippen LogP contribution in [-0.2, 0) is 19.3 Å². The molecule has 0 amide bonds. The molecule has 0 saturated carbocycles. The molecule has 8 aromatic heterocycles. The number of nitrogens with zero attached hydrogens (tertiary/aromatic N) is 9. The van der Waals surface area contributed by atoms with Gasteiger partial charge in [0, 0.05) is 116 Å². The van der Waals surface area contributed by atoms with E-state index in [0.29, 0.717) is 47.4 Å². The molecule has 6 atom stereocenters. The van der Waals surface area contributed by atoms with Crippen molar-refractivity contribution in [3.8, 4) is 33.8 Å². The van der Waals surface area contributed by atoms with Gasteiger partial charge in [0.2, 0.25) is 0 Å². The summed E-state index contributed by atoms with van der Waals surface area (Å²) >= 11 is 0. The number of rotatable bonds is 11. The molecule has 8 aromatic rings. The second-order valence-corrected chi connectivity index (χ2v) is 20.4. The summed E-state index contributed by atoms with van der Waals surface area (Å²) in [6, 6.07) is 24.5. The number of ether oxygens (including phenoxy) is 4. The highest BCUT2D eigenvalue weighted by molar-refractivity contribution is 7.90. The Labute approximate surface area is 404 Å². The predicted molar refractivity (Wildman–Crippen MR) is 263 cm³/mol. The molecule has 4 fully saturated rings. The van der Waals surface area contributed by atoms with Gasteiger partial charge in [0.15, 0.2) is 27.3 Å². The zero-order valence-electron chi connectivity index (χ0n) is 38.9. The monoisotopic (exact) mass is 963 g/mol. The molecule has 0 radical (unpaired) electrons. The molecule has 4 saturated heterocycles. The minimum atomic E-state index is -3.30. The fraction of sp³-hybridized carbons (Fsp3) is 0.340. The number of aromatic nitrogens is 9. The first kappa shape index (κ1) is 45.3. The van der Waals surface area contributed by atoms with Gasteiger partial charge >= 0.3 is 0 Å². The summed E-state index contributed by atoms with van der Waals surface area (Å²) < 4.78 is 51.3. The molecule has 4 N–H and O–H groups in total. The third kappa shape index (κ3) is 10.4. The van der Waals surface area contributed by atoms with Crippen molar-refractivity contribution in [2.45, 2.75) is 80.8 Å². The maximum atomic E-state index is 11.7. The van der Waals surface area contributed by atoms with Crippen molar-refractivity contribution < 1.29 is 27.4 Å². The molecule has 4 aliphatic rings. The number of aryl methyl sites for hydroxylation is 2. The second kappa shape index (κ2) is 19.4. The largest absolute Gasteiger partial charge is 0.488 e. The van der Waals surface area contributed by atoms with Crippen LogP contribution in [0.1, 0.15) is 37.1 Å². The first-order valence-electron chi connectivity index (χ1n) is 23.4. The van der Waals surface area contributed by atoms with Crippen molar-refractivity contribution in [2.24, 2.45) is 0 Å². The maximum absolute atomic E-state index is 11.7. The van der Waals surface area contributed by atoms with E-state index in [1.54, 1.807) is 16.8 Å². The van der Waals surface area contributed by atoms with Crippen LogP contribution in [0.2, 0.25) is 0 Å². The Bertz CT molecular complexity index is 3240. The summed E-state index contributed by atoms with van der Waals surface area (Å²) in [4.78, 5) is 13.4. The van der Waals surface area contributed by atoms with Crippen LogP contribution in [-0.4, -0.2) is 122 Å². The predicted octanol–water partition coefficient (Wildman–Crippen LogP) is 6.28. The van der Waals surface area contributed by atoms with Crippen molar-refractivity contribution in [2.75, 3.05) is 43.3 Å². The summed E-state index contributed by atoms with van der Waals surface area (Å²) in [6.45, 7) is 6.92. The quantitative estimate of drug-likeness (QED) is 0.112. The van der Waals surface area contributed by atoms with Crippen LogP contribution in [0, 0.1) is 13.8 Å². The van der Waals surface area contributed by atoms with E-state index in [2.05, 4.69) is 86.9 Å². The Balaban J connectivity index is 0.000000153. The van der Waals surface area contributed by atoms with Gasteiger partial charge in [0.1, 0.15) is 29.5 Å². The number of sulfone groups is 1. The van der Waals surface area contributed by atoms with E-state index < -0.39 is 9.84 Å². The Hall–Kier alpha value is -7.10.